The highest BCUT2D eigenvalue weighted by atomic mass is 19.1. The topological polar surface area (TPSA) is 98.6 Å². The summed E-state index contributed by atoms with van der Waals surface area (Å²) in [5, 5.41) is 7.78. The van der Waals surface area contributed by atoms with E-state index in [-0.39, 0.29) is 18.7 Å². The molecule has 0 aliphatic carbocycles. The summed E-state index contributed by atoms with van der Waals surface area (Å²) in [4.78, 5) is 12.4. The van der Waals surface area contributed by atoms with Crippen LogP contribution >= 0.6 is 0 Å². The first kappa shape index (κ1) is 22.0. The van der Waals surface area contributed by atoms with Gasteiger partial charge >= 0.3 is 0 Å². The first-order valence-corrected chi connectivity index (χ1v) is 9.75. The van der Waals surface area contributed by atoms with Crippen molar-refractivity contribution in [3.8, 4) is 16.9 Å². The molecule has 6 nitrogen and oxygen atoms in total. The van der Waals surface area contributed by atoms with Crippen LogP contribution in [0.4, 0.5) is 4.39 Å². The zero-order valence-corrected chi connectivity index (χ0v) is 17.0. The predicted molar refractivity (Wildman–Crippen MR) is 116 cm³/mol. The van der Waals surface area contributed by atoms with E-state index in [1.807, 2.05) is 36.4 Å². The van der Waals surface area contributed by atoms with Crippen LogP contribution < -0.4 is 10.5 Å². The van der Waals surface area contributed by atoms with E-state index in [0.29, 0.717) is 23.3 Å². The van der Waals surface area contributed by atoms with Gasteiger partial charge in [0.2, 0.25) is 0 Å². The lowest BCUT2D eigenvalue weighted by Crippen LogP contribution is -2.04. The largest absolute Gasteiger partial charge is 0.489 e. The molecule has 0 atom stereocenters. The summed E-state index contributed by atoms with van der Waals surface area (Å²) in [5.41, 5.74) is 9.65. The third-order valence-electron chi connectivity index (χ3n) is 4.80. The number of nitrogens with zero attached hydrogens (tertiary/aromatic N) is 1. The quantitative estimate of drug-likeness (QED) is 0.427. The molecule has 0 saturated heterocycles. The fourth-order valence-electron chi connectivity index (χ4n) is 3.36. The van der Waals surface area contributed by atoms with Gasteiger partial charge in [-0.25, -0.2) is 4.39 Å². The molecule has 0 fully saturated rings. The highest BCUT2D eigenvalue weighted by Crippen LogP contribution is 2.33. The second-order valence-corrected chi connectivity index (χ2v) is 6.66. The summed E-state index contributed by atoms with van der Waals surface area (Å²) in [6.07, 6.45) is 4.07. The number of aryl methyl sites for hydroxylation is 1. The number of benzene rings is 2. The Morgan fingerprint density at radius 2 is 1.97 bits per heavy atom. The van der Waals surface area contributed by atoms with Crippen molar-refractivity contribution in [2.75, 3.05) is 0 Å². The maximum Gasteiger partial charge on any atom is 0.290 e. The minimum atomic E-state index is -0.419. The van der Waals surface area contributed by atoms with Gasteiger partial charge < -0.3 is 20.0 Å². The molecule has 0 aliphatic heterocycles. The molecule has 2 heterocycles. The number of rotatable bonds is 6. The molecular formula is C24H23FN2O4. The number of furan rings is 1. The number of hydrogen-bond acceptors (Lipinski definition) is 5. The van der Waals surface area contributed by atoms with E-state index >= 15 is 0 Å². The number of ether oxygens (including phenoxy) is 1. The van der Waals surface area contributed by atoms with Crippen LogP contribution in [0, 0.1) is 5.82 Å². The Morgan fingerprint density at radius 3 is 2.71 bits per heavy atom. The van der Waals surface area contributed by atoms with Crippen LogP contribution in [-0.2, 0) is 24.4 Å². The molecule has 7 heteroatoms. The Hall–Kier alpha value is -3.71. The van der Waals surface area contributed by atoms with Gasteiger partial charge in [0.05, 0.1) is 12.0 Å². The SMILES string of the molecule is CCc1ccccc1OCc1cc(-c2ccnc(CN)c2F)c2occc2c1.O=CO. The summed E-state index contributed by atoms with van der Waals surface area (Å²) in [7, 11) is 0. The highest BCUT2D eigenvalue weighted by molar-refractivity contribution is 5.93. The average Bonchev–Trinajstić information content (AvgIpc) is 3.27. The lowest BCUT2D eigenvalue weighted by atomic mass is 10.00. The van der Waals surface area contributed by atoms with Crippen molar-refractivity contribution in [3.05, 3.63) is 83.6 Å². The first-order valence-electron chi connectivity index (χ1n) is 9.75. The molecule has 160 valence electrons. The van der Waals surface area contributed by atoms with Crippen LogP contribution in [0.15, 0.2) is 65.4 Å². The molecule has 0 bridgehead atoms. The number of pyridine rings is 1. The van der Waals surface area contributed by atoms with Gasteiger partial charge in [0.1, 0.15) is 17.9 Å². The van der Waals surface area contributed by atoms with Crippen LogP contribution in [0.2, 0.25) is 0 Å². The van der Waals surface area contributed by atoms with E-state index < -0.39 is 5.82 Å². The summed E-state index contributed by atoms with van der Waals surface area (Å²) in [6.45, 7) is 2.26. The molecule has 0 radical (unpaired) electrons. The van der Waals surface area contributed by atoms with E-state index in [2.05, 4.69) is 18.0 Å². The molecule has 4 rings (SSSR count). The van der Waals surface area contributed by atoms with E-state index in [1.165, 1.54) is 0 Å². The van der Waals surface area contributed by atoms with Gasteiger partial charge in [-0.15, -0.1) is 0 Å². The monoisotopic (exact) mass is 422 g/mol. The van der Waals surface area contributed by atoms with Crippen LogP contribution in [-0.4, -0.2) is 16.6 Å². The molecular weight excluding hydrogens is 399 g/mol. The number of carboxylic acid groups (broad SMARTS) is 1. The summed E-state index contributed by atoms with van der Waals surface area (Å²) >= 11 is 0. The Balaban J connectivity index is 0.000000858. The standard InChI is InChI=1S/C23H21FN2O2.CH2O2/c1-2-16-5-3-4-6-21(16)28-14-15-11-17-8-10-27-23(17)19(12-15)18-7-9-26-20(13-25)22(18)24;2-1-3/h3-12H,2,13-14,25H2,1H3;1H,(H,2,3). The molecule has 4 aromatic rings. The summed E-state index contributed by atoms with van der Waals surface area (Å²) in [6, 6.07) is 15.4. The fraction of sp³-hybridized carbons (Fsp3) is 0.167. The maximum absolute atomic E-state index is 14.9. The predicted octanol–water partition coefficient (Wildman–Crippen LogP) is 4.93. The summed E-state index contributed by atoms with van der Waals surface area (Å²) in [5.74, 6) is 0.441. The van der Waals surface area contributed by atoms with E-state index in [1.54, 1.807) is 18.5 Å². The Bertz CT molecular complexity index is 1170. The second kappa shape index (κ2) is 10.4. The van der Waals surface area contributed by atoms with Crippen molar-refractivity contribution < 1.29 is 23.4 Å². The number of fused-ring (bicyclic) bond motifs is 1. The molecule has 0 aliphatic rings. The Morgan fingerprint density at radius 1 is 1.19 bits per heavy atom. The molecule has 0 saturated carbocycles. The van der Waals surface area contributed by atoms with Crippen LogP contribution in [0.1, 0.15) is 23.7 Å². The number of halogens is 1. The van der Waals surface area contributed by atoms with Crippen LogP contribution in [0.3, 0.4) is 0 Å². The Labute approximate surface area is 179 Å². The third kappa shape index (κ3) is 4.90. The zero-order valence-electron chi connectivity index (χ0n) is 17.0. The van der Waals surface area contributed by atoms with Crippen molar-refractivity contribution in [1.82, 2.24) is 4.98 Å². The normalized spacial score (nSPS) is 10.4. The van der Waals surface area contributed by atoms with Gasteiger partial charge in [-0.2, -0.15) is 0 Å². The number of carbonyl (C=O) groups is 1. The minimum Gasteiger partial charge on any atom is -0.489 e. The van der Waals surface area contributed by atoms with Crippen molar-refractivity contribution >= 4 is 17.4 Å². The van der Waals surface area contributed by atoms with Gasteiger partial charge in [0.15, 0.2) is 5.82 Å². The third-order valence-corrected chi connectivity index (χ3v) is 4.80. The number of aromatic nitrogens is 1. The number of para-hydroxylation sites is 1. The maximum atomic E-state index is 14.9. The number of hydrogen-bond donors (Lipinski definition) is 2. The molecule has 31 heavy (non-hydrogen) atoms. The minimum absolute atomic E-state index is 0.0393. The second-order valence-electron chi connectivity index (χ2n) is 6.66. The first-order chi connectivity index (χ1) is 15.1. The van der Waals surface area contributed by atoms with E-state index in [9.17, 15) is 4.39 Å². The van der Waals surface area contributed by atoms with E-state index in [4.69, 9.17) is 24.8 Å². The number of nitrogens with two attached hydrogens (primary N) is 1. The zero-order chi connectivity index (χ0) is 22.2. The average molecular weight is 422 g/mol. The van der Waals surface area contributed by atoms with Crippen molar-refractivity contribution in [3.63, 3.8) is 0 Å². The van der Waals surface area contributed by atoms with Gasteiger partial charge in [-0.3, -0.25) is 9.78 Å². The van der Waals surface area contributed by atoms with Gasteiger partial charge in [-0.05, 0) is 47.9 Å². The van der Waals surface area contributed by atoms with Gasteiger partial charge in [-0.1, -0.05) is 25.1 Å². The van der Waals surface area contributed by atoms with Crippen molar-refractivity contribution in [2.24, 2.45) is 5.73 Å². The van der Waals surface area contributed by atoms with E-state index in [0.717, 1.165) is 28.7 Å². The highest BCUT2D eigenvalue weighted by Gasteiger charge is 2.16. The smallest absolute Gasteiger partial charge is 0.290 e. The summed E-state index contributed by atoms with van der Waals surface area (Å²) < 4.78 is 26.5. The van der Waals surface area contributed by atoms with Crippen LogP contribution in [0.5, 0.6) is 5.75 Å². The molecule has 0 unspecified atom stereocenters. The lowest BCUT2D eigenvalue weighted by molar-refractivity contribution is -0.122. The lowest BCUT2D eigenvalue weighted by Gasteiger charge is -2.12. The van der Waals surface area contributed by atoms with Gasteiger partial charge in [0.25, 0.3) is 6.47 Å². The molecule has 3 N–H and O–H groups in total. The molecule has 2 aromatic heterocycles. The van der Waals surface area contributed by atoms with Gasteiger partial charge in [0, 0.05) is 29.3 Å². The molecule has 0 amide bonds. The molecule has 2 aromatic carbocycles. The van der Waals surface area contributed by atoms with Crippen LogP contribution in [0.25, 0.3) is 22.1 Å². The fourth-order valence-corrected chi connectivity index (χ4v) is 3.36. The van der Waals surface area contributed by atoms with Crippen molar-refractivity contribution in [2.45, 2.75) is 26.5 Å². The Kier molecular flexibility index (Phi) is 7.35. The van der Waals surface area contributed by atoms with Crippen molar-refractivity contribution in [1.29, 1.82) is 0 Å². The molecule has 0 spiro atoms.